The van der Waals surface area contributed by atoms with E-state index < -0.39 is 22.2 Å². The van der Waals surface area contributed by atoms with Gasteiger partial charge in [0, 0.05) is 34.1 Å². The number of nitrogens with zero attached hydrogens (tertiary/aromatic N) is 4. The Labute approximate surface area is 461 Å². The van der Waals surface area contributed by atoms with Gasteiger partial charge in [-0.2, -0.15) is 15.8 Å². The molecular weight excluding hydrogens is 973 g/mol. The van der Waals surface area contributed by atoms with Gasteiger partial charge in [0.1, 0.15) is 23.8 Å². The van der Waals surface area contributed by atoms with Crippen LogP contribution in [0, 0.1) is 34.0 Å². The molecule has 1 aliphatic heterocycles. The molecule has 1 aliphatic carbocycles. The van der Waals surface area contributed by atoms with Crippen LogP contribution in [-0.4, -0.2) is 42.9 Å². The molecular formula is C65H92N4O3SSi2. The van der Waals surface area contributed by atoms with Crippen molar-refractivity contribution < 1.29 is 13.6 Å². The third-order valence-corrected chi connectivity index (χ3v) is 27.0. The summed E-state index contributed by atoms with van der Waals surface area (Å²) in [6, 6.07) is 23.9. The summed E-state index contributed by atoms with van der Waals surface area (Å²) in [6.07, 6.45) is 30.8. The van der Waals surface area contributed by atoms with Gasteiger partial charge in [0.25, 0.3) is 0 Å². The fourth-order valence-corrected chi connectivity index (χ4v) is 13.0. The molecule has 1 unspecified atom stereocenters. The summed E-state index contributed by atoms with van der Waals surface area (Å²) >= 11 is 1.87. The number of rotatable bonds is 26. The minimum atomic E-state index is -1.90. The molecule has 3 aromatic rings. The Kier molecular flexibility index (Phi) is 22.9. The molecule has 75 heavy (non-hydrogen) atoms. The van der Waals surface area contributed by atoms with Crippen LogP contribution in [0.15, 0.2) is 89.2 Å². The van der Waals surface area contributed by atoms with E-state index in [0.29, 0.717) is 24.7 Å². The molecule has 404 valence electrons. The SMILES string of the molecule is CCCCCCc1c(/C=C/C=C/C2=C(C#N)C(=C(C#N)C#N)OC2(C)c2ccc(C3CCCCC3)cc2)sc(/C=C/c2ccc(N(CCO[Si](C)(C)C(C)(C)C)CCO[Si](C)(C)C(C)(C)C)cc2)c1CCCCCC. The van der Waals surface area contributed by atoms with Gasteiger partial charge in [-0.3, -0.25) is 0 Å². The normalized spacial score (nSPS) is 17.0. The molecule has 0 radical (unpaired) electrons. The molecule has 2 aliphatic rings. The molecule has 0 spiro atoms. The summed E-state index contributed by atoms with van der Waals surface area (Å²) in [5, 5.41) is 30.8. The van der Waals surface area contributed by atoms with Crippen LogP contribution in [-0.2, 0) is 32.0 Å². The summed E-state index contributed by atoms with van der Waals surface area (Å²) in [5.41, 5.74) is 7.07. The first-order valence-corrected chi connectivity index (χ1v) is 35.1. The Bertz CT molecular complexity index is 2570. The molecule has 0 saturated heterocycles. The number of hydrogen-bond acceptors (Lipinski definition) is 8. The molecule has 1 atom stereocenters. The predicted molar refractivity (Wildman–Crippen MR) is 324 cm³/mol. The summed E-state index contributed by atoms with van der Waals surface area (Å²) < 4.78 is 19.9. The highest BCUT2D eigenvalue weighted by molar-refractivity contribution is 7.14. The Morgan fingerprint density at radius 2 is 1.21 bits per heavy atom. The van der Waals surface area contributed by atoms with Crippen LogP contribution in [0.4, 0.5) is 5.69 Å². The number of hydrogen-bond donors (Lipinski definition) is 0. The molecule has 2 heterocycles. The van der Waals surface area contributed by atoms with Crippen LogP contribution in [0.1, 0.15) is 189 Å². The van der Waals surface area contributed by atoms with E-state index in [-0.39, 0.29) is 27.0 Å². The summed E-state index contributed by atoms with van der Waals surface area (Å²) in [4.78, 5) is 5.02. The molecule has 0 N–H and O–H groups in total. The molecule has 2 aromatic carbocycles. The van der Waals surface area contributed by atoms with Gasteiger partial charge >= 0.3 is 0 Å². The Balaban J connectivity index is 1.48. The van der Waals surface area contributed by atoms with Crippen LogP contribution >= 0.6 is 11.3 Å². The van der Waals surface area contributed by atoms with Crippen molar-refractivity contribution in [3.8, 4) is 18.2 Å². The Hall–Kier alpha value is -4.74. The van der Waals surface area contributed by atoms with E-state index in [0.717, 1.165) is 44.3 Å². The van der Waals surface area contributed by atoms with Crippen LogP contribution in [0.2, 0.25) is 36.3 Å². The maximum atomic E-state index is 10.6. The van der Waals surface area contributed by atoms with Crippen molar-refractivity contribution in [2.24, 2.45) is 0 Å². The number of ether oxygens (including phenoxy) is 1. The molecule has 10 heteroatoms. The van der Waals surface area contributed by atoms with Gasteiger partial charge < -0.3 is 18.5 Å². The summed E-state index contributed by atoms with van der Waals surface area (Å²) in [6.45, 7) is 32.6. The van der Waals surface area contributed by atoms with E-state index in [1.165, 1.54) is 108 Å². The average Bonchev–Trinajstić information content (AvgIpc) is 3.86. The Morgan fingerprint density at radius 1 is 0.693 bits per heavy atom. The predicted octanol–water partition coefficient (Wildman–Crippen LogP) is 18.7. The second-order valence-electron chi connectivity index (χ2n) is 24.2. The van der Waals surface area contributed by atoms with Crippen LogP contribution in [0.3, 0.4) is 0 Å². The Morgan fingerprint density at radius 3 is 1.71 bits per heavy atom. The first-order chi connectivity index (χ1) is 35.6. The van der Waals surface area contributed by atoms with E-state index in [4.69, 9.17) is 13.6 Å². The number of benzene rings is 2. The quantitative estimate of drug-likeness (QED) is 0.0341. The van der Waals surface area contributed by atoms with Gasteiger partial charge in [0.15, 0.2) is 33.6 Å². The van der Waals surface area contributed by atoms with Crippen molar-refractivity contribution in [1.82, 2.24) is 0 Å². The minimum Gasteiger partial charge on any atom is -0.474 e. The lowest BCUT2D eigenvalue weighted by molar-refractivity contribution is 0.0754. The molecule has 0 amide bonds. The van der Waals surface area contributed by atoms with Crippen molar-refractivity contribution in [2.45, 2.75) is 206 Å². The fraction of sp³-hybridized carbons (Fsp3) is 0.554. The highest BCUT2D eigenvalue weighted by Crippen LogP contribution is 2.48. The first kappa shape index (κ1) is 61.1. The van der Waals surface area contributed by atoms with E-state index >= 15 is 0 Å². The van der Waals surface area contributed by atoms with Gasteiger partial charge in [-0.05, 0) is 140 Å². The third-order valence-electron chi connectivity index (χ3n) is 16.7. The van der Waals surface area contributed by atoms with E-state index in [1.807, 2.05) is 42.6 Å². The monoisotopic (exact) mass is 1060 g/mol. The van der Waals surface area contributed by atoms with Gasteiger partial charge in [-0.15, -0.1) is 11.3 Å². The van der Waals surface area contributed by atoms with Crippen molar-refractivity contribution >= 4 is 51.9 Å². The first-order valence-electron chi connectivity index (χ1n) is 28.4. The molecule has 1 saturated carbocycles. The number of unbranched alkanes of at least 4 members (excludes halogenated alkanes) is 6. The van der Waals surface area contributed by atoms with Crippen molar-refractivity contribution in [3.63, 3.8) is 0 Å². The van der Waals surface area contributed by atoms with Crippen molar-refractivity contribution in [3.05, 3.63) is 127 Å². The lowest BCUT2D eigenvalue weighted by Crippen LogP contribution is -2.44. The highest BCUT2D eigenvalue weighted by atomic mass is 32.1. The van der Waals surface area contributed by atoms with Crippen LogP contribution < -0.4 is 4.90 Å². The molecule has 1 aromatic heterocycles. The standard InChI is InChI=1S/C65H92N4O3SSi2/c1-14-16-18-23-29-56-57(30-24-19-17-15-2)61(42-35-50-33-40-55(41-34-50)69(43-45-70-74(10,11)63(3,4)5)44-46-71-75(12,13)64(6,7)8)73-60(56)32-26-25-31-59-58(49-68)62(53(47-66)48-67)72-65(59,9)54-38-36-52(37-39-54)51-27-21-20-22-28-51/h25-26,31-42,51H,14-24,27-30,43-46H2,1-13H3/b31-25+,32-26+,42-35+. The maximum absolute atomic E-state index is 10.6. The highest BCUT2D eigenvalue weighted by Gasteiger charge is 2.44. The number of anilines is 1. The minimum absolute atomic E-state index is 0.0482. The second-order valence-corrected chi connectivity index (χ2v) is 34.9. The average molecular weight is 1070 g/mol. The van der Waals surface area contributed by atoms with Gasteiger partial charge in [-0.25, -0.2) is 0 Å². The number of nitriles is 3. The van der Waals surface area contributed by atoms with Crippen molar-refractivity contribution in [2.75, 3.05) is 31.2 Å². The van der Waals surface area contributed by atoms with E-state index in [9.17, 15) is 15.8 Å². The zero-order valence-corrected chi connectivity index (χ0v) is 51.3. The number of allylic oxidation sites excluding steroid dienone is 4. The maximum Gasteiger partial charge on any atom is 0.192 e. The zero-order chi connectivity index (χ0) is 54.9. The summed E-state index contributed by atoms with van der Waals surface area (Å²) in [7, 11) is -3.79. The van der Waals surface area contributed by atoms with Gasteiger partial charge in [0.2, 0.25) is 0 Å². The zero-order valence-electron chi connectivity index (χ0n) is 48.5. The number of thiophene rings is 1. The van der Waals surface area contributed by atoms with Crippen LogP contribution in [0.5, 0.6) is 0 Å². The van der Waals surface area contributed by atoms with Crippen LogP contribution in [0.25, 0.3) is 18.2 Å². The smallest absolute Gasteiger partial charge is 0.192 e. The molecule has 7 nitrogen and oxygen atoms in total. The summed E-state index contributed by atoms with van der Waals surface area (Å²) in [5.74, 6) is 0.600. The lowest BCUT2D eigenvalue weighted by atomic mass is 9.81. The molecule has 1 fully saturated rings. The fourth-order valence-electron chi connectivity index (χ4n) is 9.75. The second kappa shape index (κ2) is 28.1. The van der Waals surface area contributed by atoms with Crippen molar-refractivity contribution in [1.29, 1.82) is 15.8 Å². The third kappa shape index (κ3) is 16.4. The molecule has 5 rings (SSSR count). The lowest BCUT2D eigenvalue weighted by Gasteiger charge is -2.38. The molecule has 0 bridgehead atoms. The van der Waals surface area contributed by atoms with E-state index in [2.05, 4.69) is 165 Å². The van der Waals surface area contributed by atoms with Gasteiger partial charge in [-0.1, -0.05) is 174 Å². The van der Waals surface area contributed by atoms with Gasteiger partial charge in [0.05, 0.1) is 13.2 Å². The topological polar surface area (TPSA) is 102 Å². The largest absolute Gasteiger partial charge is 0.474 e. The van der Waals surface area contributed by atoms with E-state index in [1.54, 1.807) is 0 Å².